The zero-order chi connectivity index (χ0) is 26.7. The summed E-state index contributed by atoms with van der Waals surface area (Å²) in [5, 5.41) is 6.68. The fraction of sp³-hybridized carbons (Fsp3) is 0. The maximum absolute atomic E-state index is 4.80. The molecule has 188 valence electrons. The Kier molecular flexibility index (Phi) is 6.11. The largest absolute Gasteiger partial charge is 0.256 e. The van der Waals surface area contributed by atoms with Gasteiger partial charge in [0.25, 0.3) is 0 Å². The van der Waals surface area contributed by atoms with Gasteiger partial charge in [0.15, 0.2) is 0 Å². The topological polar surface area (TPSA) is 51.6 Å². The van der Waals surface area contributed by atoms with E-state index in [1.165, 1.54) is 0 Å². The van der Waals surface area contributed by atoms with Gasteiger partial charge in [-0.05, 0) is 70.1 Å². The van der Waals surface area contributed by atoms with Gasteiger partial charge in [0.1, 0.15) is 0 Å². The molecule has 0 aliphatic heterocycles. The number of rotatable bonds is 4. The molecule has 7 aromatic rings. The summed E-state index contributed by atoms with van der Waals surface area (Å²) in [6, 6.07) is 41.3. The van der Waals surface area contributed by atoms with E-state index in [2.05, 4.69) is 72.8 Å². The Bertz CT molecular complexity index is 1780. The van der Waals surface area contributed by atoms with Crippen LogP contribution < -0.4 is 10.4 Å². The molecule has 7 rings (SSSR count). The van der Waals surface area contributed by atoms with Crippen LogP contribution in [0.4, 0.5) is 0 Å². The van der Waals surface area contributed by atoms with Crippen molar-refractivity contribution in [2.75, 3.05) is 0 Å². The summed E-state index contributed by atoms with van der Waals surface area (Å²) in [6.07, 6.45) is 7.35. The fourth-order valence-electron chi connectivity index (χ4n) is 5.48. The van der Waals surface area contributed by atoms with Crippen molar-refractivity contribution in [3.63, 3.8) is 0 Å². The molecular formula is C36H24N4. The Morgan fingerprint density at radius 2 is 0.550 bits per heavy atom. The van der Waals surface area contributed by atoms with Crippen LogP contribution in [0.1, 0.15) is 22.8 Å². The molecule has 0 aliphatic rings. The van der Waals surface area contributed by atoms with Gasteiger partial charge in [0, 0.05) is 46.4 Å². The molecular weight excluding hydrogens is 488 g/mol. The summed E-state index contributed by atoms with van der Waals surface area (Å²) in [6.45, 7) is 0. The highest BCUT2D eigenvalue weighted by Crippen LogP contribution is 2.25. The lowest BCUT2D eigenvalue weighted by atomic mass is 9.90. The van der Waals surface area contributed by atoms with Gasteiger partial charge in [-0.15, -0.1) is 0 Å². The molecule has 4 aromatic heterocycles. The van der Waals surface area contributed by atoms with E-state index in [4.69, 9.17) is 19.9 Å². The highest BCUT2D eigenvalue weighted by molar-refractivity contribution is 6.05. The number of hydrogen-bond acceptors (Lipinski definition) is 4. The van der Waals surface area contributed by atoms with Crippen molar-refractivity contribution in [1.29, 1.82) is 0 Å². The molecule has 0 saturated carbocycles. The first-order chi connectivity index (χ1) is 19.9. The van der Waals surface area contributed by atoms with Crippen LogP contribution in [0.5, 0.6) is 0 Å². The first-order valence-corrected chi connectivity index (χ1v) is 13.2. The highest BCUT2D eigenvalue weighted by Gasteiger charge is 2.18. The number of aromatic nitrogens is 4. The normalized spacial score (nSPS) is 11.0. The number of nitrogens with zero attached hydrogens (tertiary/aromatic N) is 4. The Morgan fingerprint density at radius 1 is 0.300 bits per heavy atom. The van der Waals surface area contributed by atoms with Gasteiger partial charge in [-0.25, -0.2) is 0 Å². The lowest BCUT2D eigenvalue weighted by Crippen LogP contribution is -2.21. The number of fused-ring (bicyclic) bond motifs is 2. The van der Waals surface area contributed by atoms with E-state index < -0.39 is 0 Å². The van der Waals surface area contributed by atoms with Crippen LogP contribution in [0.15, 0.2) is 146 Å². The minimum absolute atomic E-state index is 0.878. The van der Waals surface area contributed by atoms with Crippen molar-refractivity contribution < 1.29 is 0 Å². The van der Waals surface area contributed by atoms with Gasteiger partial charge in [0.2, 0.25) is 0 Å². The summed E-state index contributed by atoms with van der Waals surface area (Å²) < 4.78 is 0. The van der Waals surface area contributed by atoms with Crippen LogP contribution in [-0.2, 0) is 0 Å². The van der Waals surface area contributed by atoms with Crippen LogP contribution in [0, 0.1) is 0 Å². The summed E-state index contributed by atoms with van der Waals surface area (Å²) in [5.41, 5.74) is 5.51. The first-order valence-electron chi connectivity index (χ1n) is 13.2. The fourth-order valence-corrected chi connectivity index (χ4v) is 5.48. The van der Waals surface area contributed by atoms with Gasteiger partial charge in [-0.3, -0.25) is 19.9 Å². The van der Waals surface area contributed by atoms with Crippen LogP contribution in [0.25, 0.3) is 32.7 Å². The third kappa shape index (κ3) is 4.12. The summed E-state index contributed by atoms with van der Waals surface area (Å²) in [4.78, 5) is 19.2. The van der Waals surface area contributed by atoms with Crippen LogP contribution in [-0.4, -0.2) is 19.9 Å². The molecule has 4 heteroatoms. The second-order valence-electron chi connectivity index (χ2n) is 9.45. The van der Waals surface area contributed by atoms with Gasteiger partial charge in [-0.1, -0.05) is 72.8 Å². The second-order valence-corrected chi connectivity index (χ2v) is 9.45. The summed E-state index contributed by atoms with van der Waals surface area (Å²) >= 11 is 0. The van der Waals surface area contributed by atoms with Crippen LogP contribution in [0.2, 0.25) is 0 Å². The van der Waals surface area contributed by atoms with Gasteiger partial charge in [0.05, 0.1) is 22.8 Å². The van der Waals surface area contributed by atoms with Crippen LogP contribution in [0.3, 0.4) is 0 Å². The third-order valence-corrected chi connectivity index (χ3v) is 7.12. The zero-order valence-corrected chi connectivity index (χ0v) is 21.6. The van der Waals surface area contributed by atoms with Crippen molar-refractivity contribution in [2.24, 2.45) is 0 Å². The van der Waals surface area contributed by atoms with E-state index in [1.807, 2.05) is 73.3 Å². The summed E-state index contributed by atoms with van der Waals surface area (Å²) in [5.74, 6) is 0. The highest BCUT2D eigenvalue weighted by atomic mass is 14.7. The molecule has 4 heterocycles. The molecule has 0 atom stereocenters. The monoisotopic (exact) mass is 512 g/mol. The van der Waals surface area contributed by atoms with Crippen molar-refractivity contribution >= 4 is 32.7 Å². The Labute approximate surface area is 231 Å². The van der Waals surface area contributed by atoms with Gasteiger partial charge >= 0.3 is 0 Å². The van der Waals surface area contributed by atoms with E-state index in [-0.39, 0.29) is 0 Å². The molecule has 0 spiro atoms. The minimum atomic E-state index is 0.878. The lowest BCUT2D eigenvalue weighted by molar-refractivity contribution is 1.21. The lowest BCUT2D eigenvalue weighted by Gasteiger charge is -2.15. The number of pyridine rings is 4. The SMILES string of the molecule is c1ccc(C(c2ccccn2)=c2c3ccccc3c(=C(c3ccccn3)c3ccccn3)c3ccccc23)nc1. The maximum atomic E-state index is 4.80. The standard InChI is InChI=1S/C36H24N4/c1-2-14-26-25(13-1)33(35(29-17-5-9-21-37-29)30-18-6-10-22-38-30)27-15-3-4-16-28(27)34(26)36(31-19-7-11-23-39-31)32-20-8-12-24-40-32/h1-24H. The van der Waals surface area contributed by atoms with Crippen molar-refractivity contribution in [2.45, 2.75) is 0 Å². The Balaban J connectivity index is 1.81. The smallest absolute Gasteiger partial charge is 0.0730 e. The average Bonchev–Trinajstić information content (AvgIpc) is 3.04. The number of benzene rings is 3. The van der Waals surface area contributed by atoms with E-state index >= 15 is 0 Å². The molecule has 0 aliphatic carbocycles. The second kappa shape index (κ2) is 10.4. The zero-order valence-electron chi connectivity index (χ0n) is 21.6. The molecule has 3 aromatic carbocycles. The molecule has 0 saturated heterocycles. The van der Waals surface area contributed by atoms with Crippen LogP contribution >= 0.6 is 0 Å². The van der Waals surface area contributed by atoms with Crippen molar-refractivity contribution in [1.82, 2.24) is 19.9 Å². The average molecular weight is 513 g/mol. The Morgan fingerprint density at radius 3 is 0.775 bits per heavy atom. The quantitative estimate of drug-likeness (QED) is 0.269. The summed E-state index contributed by atoms with van der Waals surface area (Å²) in [7, 11) is 0. The molecule has 0 amide bonds. The molecule has 4 nitrogen and oxygen atoms in total. The predicted molar refractivity (Wildman–Crippen MR) is 161 cm³/mol. The molecule has 0 bridgehead atoms. The molecule has 0 N–H and O–H groups in total. The van der Waals surface area contributed by atoms with E-state index in [1.54, 1.807) is 0 Å². The van der Waals surface area contributed by atoms with E-state index in [0.29, 0.717) is 0 Å². The molecule has 0 radical (unpaired) electrons. The maximum Gasteiger partial charge on any atom is 0.0730 e. The third-order valence-electron chi connectivity index (χ3n) is 7.12. The molecule has 0 unspecified atom stereocenters. The molecule has 0 fully saturated rings. The van der Waals surface area contributed by atoms with Gasteiger partial charge in [-0.2, -0.15) is 0 Å². The first kappa shape index (κ1) is 23.6. The number of hydrogen-bond donors (Lipinski definition) is 0. The van der Waals surface area contributed by atoms with Gasteiger partial charge < -0.3 is 0 Å². The van der Waals surface area contributed by atoms with Crippen molar-refractivity contribution in [3.8, 4) is 0 Å². The molecule has 40 heavy (non-hydrogen) atoms. The van der Waals surface area contributed by atoms with Crippen molar-refractivity contribution in [3.05, 3.63) is 179 Å². The predicted octanol–water partition coefficient (Wildman–Crippen LogP) is 6.07. The Hall–Kier alpha value is -5.48. The van der Waals surface area contributed by atoms with E-state index in [0.717, 1.165) is 65.9 Å². The van der Waals surface area contributed by atoms with E-state index in [9.17, 15) is 0 Å². The minimum Gasteiger partial charge on any atom is -0.256 e.